The van der Waals surface area contributed by atoms with Gasteiger partial charge in [0.05, 0.1) is 17.7 Å². The van der Waals surface area contributed by atoms with E-state index in [-0.39, 0.29) is 12.2 Å². The van der Waals surface area contributed by atoms with Crippen molar-refractivity contribution in [1.29, 1.82) is 5.41 Å². The molecule has 4 nitrogen and oxygen atoms in total. The summed E-state index contributed by atoms with van der Waals surface area (Å²) in [5.41, 5.74) is 3.46. The Balaban J connectivity index is 3.37. The molecule has 0 heterocycles. The van der Waals surface area contributed by atoms with Gasteiger partial charge in [-0.15, -0.1) is 0 Å². The number of alkyl halides is 3. The Labute approximate surface area is 115 Å². The minimum atomic E-state index is -4.60. The number of aliphatic hydroxyl groups is 1. The Morgan fingerprint density at radius 2 is 1.90 bits per heavy atom. The Morgan fingerprint density at radius 1 is 1.35 bits per heavy atom. The molecule has 0 spiro atoms. The lowest BCUT2D eigenvalue weighted by Crippen LogP contribution is -2.44. The van der Waals surface area contributed by atoms with Crippen LogP contribution in [0.2, 0.25) is 0 Å². The number of halogens is 3. The van der Waals surface area contributed by atoms with Gasteiger partial charge in [-0.1, -0.05) is 0 Å². The Hall–Kier alpha value is -1.76. The van der Waals surface area contributed by atoms with Gasteiger partial charge in [0, 0.05) is 18.3 Å². The highest BCUT2D eigenvalue weighted by molar-refractivity contribution is 5.97. The highest BCUT2D eigenvalue weighted by Gasteiger charge is 2.35. The number of hydrogen-bond donors (Lipinski definition) is 3. The molecule has 0 saturated carbocycles. The van der Waals surface area contributed by atoms with Crippen molar-refractivity contribution in [1.82, 2.24) is 0 Å². The van der Waals surface area contributed by atoms with Crippen LogP contribution in [0, 0.1) is 5.41 Å². The summed E-state index contributed by atoms with van der Waals surface area (Å²) in [6.07, 6.45) is -4.60. The number of nitrogens with one attached hydrogen (secondary N) is 1. The number of benzene rings is 1. The molecule has 0 bridgehead atoms. The fourth-order valence-corrected chi connectivity index (χ4v) is 1.67. The van der Waals surface area contributed by atoms with E-state index in [9.17, 15) is 18.3 Å². The molecule has 0 atom stereocenters. The van der Waals surface area contributed by atoms with Gasteiger partial charge in [-0.25, -0.2) is 0 Å². The maximum absolute atomic E-state index is 13.0. The lowest BCUT2D eigenvalue weighted by Gasteiger charge is -2.36. The lowest BCUT2D eigenvalue weighted by atomic mass is 10.0. The standard InChI is InChI=1S/C13H18F3N3O/c1-12(2,7-20)19(3)8-4-5-9(11(17)18)10(6-8)13(14,15)16/h4-6,20H,7H2,1-3H3,(H3,17,18). The lowest BCUT2D eigenvalue weighted by molar-refractivity contribution is -0.137. The van der Waals surface area contributed by atoms with Crippen molar-refractivity contribution in [3.8, 4) is 0 Å². The van der Waals surface area contributed by atoms with E-state index < -0.39 is 23.1 Å². The predicted octanol–water partition coefficient (Wildman–Crippen LogP) is 2.20. The van der Waals surface area contributed by atoms with Gasteiger partial charge in [0.1, 0.15) is 5.84 Å². The van der Waals surface area contributed by atoms with E-state index in [1.165, 1.54) is 12.1 Å². The molecule has 112 valence electrons. The third-order valence-corrected chi connectivity index (χ3v) is 3.28. The van der Waals surface area contributed by atoms with Gasteiger partial charge in [0.2, 0.25) is 0 Å². The number of nitrogens with zero attached hydrogens (tertiary/aromatic N) is 1. The van der Waals surface area contributed by atoms with Crippen molar-refractivity contribution in [3.05, 3.63) is 29.3 Å². The number of nitrogen functional groups attached to an aromatic ring is 1. The van der Waals surface area contributed by atoms with Crippen LogP contribution in [0.3, 0.4) is 0 Å². The van der Waals surface area contributed by atoms with Gasteiger partial charge in [0.15, 0.2) is 0 Å². The summed E-state index contributed by atoms with van der Waals surface area (Å²) in [7, 11) is 1.60. The molecule has 0 radical (unpaired) electrons. The summed E-state index contributed by atoms with van der Waals surface area (Å²) in [6.45, 7) is 3.21. The molecule has 1 aromatic rings. The highest BCUT2D eigenvalue weighted by Crippen LogP contribution is 2.35. The van der Waals surface area contributed by atoms with Crippen molar-refractivity contribution >= 4 is 11.5 Å². The van der Waals surface area contributed by atoms with Gasteiger partial charge < -0.3 is 15.7 Å². The fourth-order valence-electron chi connectivity index (χ4n) is 1.67. The van der Waals surface area contributed by atoms with Crippen molar-refractivity contribution in [3.63, 3.8) is 0 Å². The van der Waals surface area contributed by atoms with E-state index in [1.54, 1.807) is 25.8 Å². The van der Waals surface area contributed by atoms with Crippen molar-refractivity contribution in [2.75, 3.05) is 18.6 Å². The van der Waals surface area contributed by atoms with E-state index >= 15 is 0 Å². The SMILES string of the molecule is CN(c1ccc(C(=N)N)c(C(F)(F)F)c1)C(C)(C)CO. The molecule has 0 aliphatic carbocycles. The quantitative estimate of drug-likeness (QED) is 0.587. The van der Waals surface area contributed by atoms with Crippen LogP contribution < -0.4 is 10.6 Å². The van der Waals surface area contributed by atoms with Crippen LogP contribution in [-0.4, -0.2) is 30.1 Å². The molecule has 7 heteroatoms. The second-order valence-corrected chi connectivity index (χ2v) is 5.17. The molecule has 1 aromatic carbocycles. The topological polar surface area (TPSA) is 73.3 Å². The second-order valence-electron chi connectivity index (χ2n) is 5.17. The summed E-state index contributed by atoms with van der Waals surface area (Å²) < 4.78 is 39.0. The largest absolute Gasteiger partial charge is 0.417 e. The zero-order valence-corrected chi connectivity index (χ0v) is 11.5. The van der Waals surface area contributed by atoms with Gasteiger partial charge >= 0.3 is 6.18 Å². The highest BCUT2D eigenvalue weighted by atomic mass is 19.4. The van der Waals surface area contributed by atoms with Crippen LogP contribution in [0.5, 0.6) is 0 Å². The molecule has 1 rings (SSSR count). The summed E-state index contributed by atoms with van der Waals surface area (Å²) in [4.78, 5) is 1.55. The van der Waals surface area contributed by atoms with Crippen LogP contribution in [0.4, 0.5) is 18.9 Å². The van der Waals surface area contributed by atoms with Gasteiger partial charge in [0.25, 0.3) is 0 Å². The zero-order valence-electron chi connectivity index (χ0n) is 11.5. The second kappa shape index (κ2) is 5.32. The summed E-state index contributed by atoms with van der Waals surface area (Å²) in [5.74, 6) is -0.632. The molecule has 0 aliphatic heterocycles. The van der Waals surface area contributed by atoms with Gasteiger partial charge in [-0.3, -0.25) is 5.41 Å². The minimum absolute atomic E-state index is 0.209. The van der Waals surface area contributed by atoms with Crippen molar-refractivity contribution in [2.24, 2.45) is 5.73 Å². The van der Waals surface area contributed by atoms with Crippen LogP contribution in [0.1, 0.15) is 25.0 Å². The molecule has 0 unspecified atom stereocenters. The molecule has 4 N–H and O–H groups in total. The molecular weight excluding hydrogens is 271 g/mol. The summed E-state index contributed by atoms with van der Waals surface area (Å²) >= 11 is 0. The van der Waals surface area contributed by atoms with E-state index in [4.69, 9.17) is 11.1 Å². The van der Waals surface area contributed by atoms with E-state index in [2.05, 4.69) is 0 Å². The molecular formula is C13H18F3N3O. The molecule has 0 saturated heterocycles. The maximum atomic E-state index is 13.0. The molecule has 0 aliphatic rings. The van der Waals surface area contributed by atoms with E-state index in [0.717, 1.165) is 6.07 Å². The maximum Gasteiger partial charge on any atom is 0.417 e. The first-order valence-electron chi connectivity index (χ1n) is 5.91. The average Bonchev–Trinajstić information content (AvgIpc) is 2.35. The van der Waals surface area contributed by atoms with Gasteiger partial charge in [-0.2, -0.15) is 13.2 Å². The number of rotatable bonds is 4. The monoisotopic (exact) mass is 289 g/mol. The number of hydrogen-bond acceptors (Lipinski definition) is 3. The van der Waals surface area contributed by atoms with Crippen molar-refractivity contribution in [2.45, 2.75) is 25.6 Å². The van der Waals surface area contributed by atoms with E-state index in [0.29, 0.717) is 5.69 Å². The van der Waals surface area contributed by atoms with E-state index in [1.807, 2.05) is 0 Å². The number of nitrogens with two attached hydrogens (primary N) is 1. The smallest absolute Gasteiger partial charge is 0.394 e. The Kier molecular flexibility index (Phi) is 4.33. The van der Waals surface area contributed by atoms with Crippen LogP contribution >= 0.6 is 0 Å². The summed E-state index contributed by atoms with van der Waals surface area (Å²) in [5, 5.41) is 16.5. The first kappa shape index (κ1) is 16.3. The Morgan fingerprint density at radius 3 is 2.30 bits per heavy atom. The third kappa shape index (κ3) is 3.22. The normalized spacial score (nSPS) is 12.3. The Bertz CT molecular complexity index is 512. The van der Waals surface area contributed by atoms with Crippen LogP contribution in [0.15, 0.2) is 18.2 Å². The minimum Gasteiger partial charge on any atom is -0.394 e. The van der Waals surface area contributed by atoms with Crippen molar-refractivity contribution < 1.29 is 18.3 Å². The number of aliphatic hydroxyl groups excluding tert-OH is 1. The molecule has 0 amide bonds. The predicted molar refractivity (Wildman–Crippen MR) is 72.0 cm³/mol. The summed E-state index contributed by atoms with van der Waals surface area (Å²) in [6, 6.07) is 3.56. The number of amidine groups is 1. The molecule has 0 aromatic heterocycles. The molecule has 20 heavy (non-hydrogen) atoms. The third-order valence-electron chi connectivity index (χ3n) is 3.28. The average molecular weight is 289 g/mol. The zero-order chi connectivity index (χ0) is 15.7. The fraction of sp³-hybridized carbons (Fsp3) is 0.462. The van der Waals surface area contributed by atoms with Gasteiger partial charge in [-0.05, 0) is 32.0 Å². The first-order valence-corrected chi connectivity index (χ1v) is 5.91. The first-order chi connectivity index (χ1) is 9.00. The number of anilines is 1. The molecule has 0 fully saturated rings. The van der Waals surface area contributed by atoms with Crippen LogP contribution in [0.25, 0.3) is 0 Å². The number of likely N-dealkylation sites (N-methyl/N-ethyl adjacent to an activating group) is 1. The van der Waals surface area contributed by atoms with Crippen LogP contribution in [-0.2, 0) is 6.18 Å².